The van der Waals surface area contributed by atoms with Gasteiger partial charge in [-0.25, -0.2) is 29.9 Å². The molecule has 0 radical (unpaired) electrons. The SMILES string of the molecule is c1ccc(-c2cc(-c3ccccc3)nc(-c3cccc(-c4c(-c5ccccc5)cc(-c5ccc(-c6nc(-c7ccccc7)nc(-c7ccccc7)n6)cc5)cc4-c4ccccc4-c4nc(-c5ccccc5)cc(-c5ccccc5)n4)c3)c2)cc1. The van der Waals surface area contributed by atoms with Crippen molar-refractivity contribution in [2.45, 2.75) is 0 Å². The Kier molecular flexibility index (Phi) is 13.9. The van der Waals surface area contributed by atoms with Gasteiger partial charge in [0.15, 0.2) is 23.3 Å². The highest BCUT2D eigenvalue weighted by molar-refractivity contribution is 6.01. The van der Waals surface area contributed by atoms with Crippen LogP contribution in [-0.4, -0.2) is 29.9 Å². The Balaban J connectivity index is 0.986. The van der Waals surface area contributed by atoms with Crippen LogP contribution in [0.5, 0.6) is 0 Å². The topological polar surface area (TPSA) is 77.3 Å². The van der Waals surface area contributed by atoms with Crippen LogP contribution in [0.1, 0.15) is 0 Å². The molecule has 0 unspecified atom stereocenters. The Morgan fingerprint density at radius 3 is 0.976 bits per heavy atom. The molecule has 394 valence electrons. The van der Waals surface area contributed by atoms with E-state index in [0.717, 1.165) is 123 Å². The summed E-state index contributed by atoms with van der Waals surface area (Å²) in [5, 5.41) is 0. The van der Waals surface area contributed by atoms with Crippen LogP contribution in [0, 0.1) is 0 Å². The molecule has 0 bridgehead atoms. The largest absolute Gasteiger partial charge is 0.248 e. The van der Waals surface area contributed by atoms with E-state index in [2.05, 4.69) is 237 Å². The van der Waals surface area contributed by atoms with Gasteiger partial charge in [-0.15, -0.1) is 0 Å². The highest BCUT2D eigenvalue weighted by atomic mass is 15.0. The Hall–Kier alpha value is -11.3. The number of hydrogen-bond donors (Lipinski definition) is 0. The van der Waals surface area contributed by atoms with Gasteiger partial charge in [0.25, 0.3) is 0 Å². The molecule has 0 saturated heterocycles. The summed E-state index contributed by atoms with van der Waals surface area (Å²) in [6.45, 7) is 0. The molecule has 0 fully saturated rings. The van der Waals surface area contributed by atoms with Crippen LogP contribution in [0.25, 0.3) is 146 Å². The zero-order valence-electron chi connectivity index (χ0n) is 45.7. The minimum absolute atomic E-state index is 0.594. The van der Waals surface area contributed by atoms with Crippen molar-refractivity contribution >= 4 is 0 Å². The van der Waals surface area contributed by atoms with Gasteiger partial charge in [-0.3, -0.25) is 0 Å². The second kappa shape index (κ2) is 23.0. The third-order valence-corrected chi connectivity index (χ3v) is 15.2. The quantitative estimate of drug-likeness (QED) is 0.114. The van der Waals surface area contributed by atoms with Gasteiger partial charge >= 0.3 is 0 Å². The molecule has 11 aromatic carbocycles. The summed E-state index contributed by atoms with van der Waals surface area (Å²) in [5.74, 6) is 2.45. The summed E-state index contributed by atoms with van der Waals surface area (Å²) in [4.78, 5) is 31.4. The lowest BCUT2D eigenvalue weighted by molar-refractivity contribution is 1.07. The first kappa shape index (κ1) is 50.9. The molecule has 6 heteroatoms. The van der Waals surface area contributed by atoms with E-state index in [1.165, 1.54) is 0 Å². The van der Waals surface area contributed by atoms with Crippen LogP contribution in [0.3, 0.4) is 0 Å². The van der Waals surface area contributed by atoms with E-state index >= 15 is 0 Å². The van der Waals surface area contributed by atoms with Crippen molar-refractivity contribution in [1.82, 2.24) is 29.9 Å². The van der Waals surface area contributed by atoms with Gasteiger partial charge in [-0.1, -0.05) is 279 Å². The van der Waals surface area contributed by atoms with Crippen LogP contribution >= 0.6 is 0 Å². The first-order valence-corrected chi connectivity index (χ1v) is 28.2. The van der Waals surface area contributed by atoms with Crippen molar-refractivity contribution in [1.29, 1.82) is 0 Å². The smallest absolute Gasteiger partial charge is 0.164 e. The molecule has 0 atom stereocenters. The van der Waals surface area contributed by atoms with Gasteiger partial charge in [-0.05, 0) is 92.0 Å². The molecule has 3 aromatic heterocycles. The zero-order chi connectivity index (χ0) is 56.0. The minimum Gasteiger partial charge on any atom is -0.248 e. The molecule has 0 amide bonds. The molecule has 14 aromatic rings. The molecular formula is C78H52N6. The Morgan fingerprint density at radius 2 is 0.476 bits per heavy atom. The summed E-state index contributed by atoms with van der Waals surface area (Å²) < 4.78 is 0. The van der Waals surface area contributed by atoms with Gasteiger partial charge in [0.2, 0.25) is 0 Å². The van der Waals surface area contributed by atoms with E-state index in [0.29, 0.717) is 23.3 Å². The lowest BCUT2D eigenvalue weighted by Crippen LogP contribution is -2.00. The molecule has 0 aliphatic carbocycles. The van der Waals surface area contributed by atoms with Crippen molar-refractivity contribution in [3.05, 3.63) is 315 Å². The number of hydrogen-bond acceptors (Lipinski definition) is 6. The second-order valence-corrected chi connectivity index (χ2v) is 20.6. The fourth-order valence-corrected chi connectivity index (χ4v) is 11.0. The van der Waals surface area contributed by atoms with Crippen LogP contribution in [0.2, 0.25) is 0 Å². The maximum absolute atomic E-state index is 5.42. The van der Waals surface area contributed by atoms with E-state index in [-0.39, 0.29) is 0 Å². The maximum atomic E-state index is 5.42. The van der Waals surface area contributed by atoms with Gasteiger partial charge in [0.1, 0.15) is 0 Å². The lowest BCUT2D eigenvalue weighted by atomic mass is 9.83. The van der Waals surface area contributed by atoms with E-state index in [9.17, 15) is 0 Å². The predicted octanol–water partition coefficient (Wildman–Crippen LogP) is 19.7. The monoisotopic (exact) mass is 1070 g/mol. The Bertz CT molecular complexity index is 4430. The highest BCUT2D eigenvalue weighted by Crippen LogP contribution is 2.47. The molecule has 3 heterocycles. The van der Waals surface area contributed by atoms with Crippen LogP contribution in [-0.2, 0) is 0 Å². The fraction of sp³-hybridized carbons (Fsp3) is 0. The molecule has 0 saturated carbocycles. The summed E-state index contributed by atoms with van der Waals surface area (Å²) >= 11 is 0. The van der Waals surface area contributed by atoms with Crippen molar-refractivity contribution in [2.24, 2.45) is 0 Å². The second-order valence-electron chi connectivity index (χ2n) is 20.6. The minimum atomic E-state index is 0.594. The van der Waals surface area contributed by atoms with Crippen molar-refractivity contribution in [2.75, 3.05) is 0 Å². The van der Waals surface area contributed by atoms with Gasteiger partial charge in [-0.2, -0.15) is 0 Å². The van der Waals surface area contributed by atoms with E-state index in [4.69, 9.17) is 29.9 Å². The summed E-state index contributed by atoms with van der Waals surface area (Å²) in [6, 6.07) is 110. The van der Waals surface area contributed by atoms with Crippen molar-refractivity contribution in [3.63, 3.8) is 0 Å². The van der Waals surface area contributed by atoms with Gasteiger partial charge in [0, 0.05) is 44.5 Å². The van der Waals surface area contributed by atoms with Crippen LogP contribution in [0.15, 0.2) is 315 Å². The molecule has 0 aliphatic heterocycles. The Morgan fingerprint density at radius 1 is 0.143 bits per heavy atom. The standard InChI is InChI=1S/C78H52N6/c1-8-25-53(26-9-1)65-50-70(56-29-12-3-13-30-56)79-71(51-65)62-39-24-40-63(47-62)74-68(55-27-10-2-11-28-55)48-64(54-43-45-61(46-44-54)77-83-75(59-35-18-6-19-36-59)82-76(84-77)60-37-20-7-21-38-60)49-69(74)66-41-22-23-42-67(66)78-80-72(57-31-14-4-15-32-57)52-73(81-78)58-33-16-5-17-34-58/h1-52H. The summed E-state index contributed by atoms with van der Waals surface area (Å²) in [6.07, 6.45) is 0. The van der Waals surface area contributed by atoms with Crippen molar-refractivity contribution in [3.8, 4) is 146 Å². The number of nitrogens with zero attached hydrogens (tertiary/aromatic N) is 6. The number of rotatable bonds is 13. The normalized spacial score (nSPS) is 11.1. The van der Waals surface area contributed by atoms with Crippen molar-refractivity contribution < 1.29 is 0 Å². The predicted molar refractivity (Wildman–Crippen MR) is 344 cm³/mol. The van der Waals surface area contributed by atoms with E-state index in [1.807, 2.05) is 78.9 Å². The molecule has 84 heavy (non-hydrogen) atoms. The highest BCUT2D eigenvalue weighted by Gasteiger charge is 2.23. The maximum Gasteiger partial charge on any atom is 0.164 e. The fourth-order valence-electron chi connectivity index (χ4n) is 11.0. The zero-order valence-corrected chi connectivity index (χ0v) is 45.7. The summed E-state index contributed by atoms with van der Waals surface area (Å²) in [5.41, 5.74) is 21.7. The lowest BCUT2D eigenvalue weighted by Gasteiger charge is -2.21. The third-order valence-electron chi connectivity index (χ3n) is 15.2. The molecule has 0 aliphatic rings. The van der Waals surface area contributed by atoms with Gasteiger partial charge < -0.3 is 0 Å². The van der Waals surface area contributed by atoms with Gasteiger partial charge in [0.05, 0.1) is 22.8 Å². The first-order chi connectivity index (χ1) is 41.6. The third kappa shape index (κ3) is 10.6. The molecule has 0 N–H and O–H groups in total. The summed E-state index contributed by atoms with van der Waals surface area (Å²) in [7, 11) is 0. The Labute approximate surface area is 488 Å². The number of aromatic nitrogens is 6. The molecule has 0 spiro atoms. The van der Waals surface area contributed by atoms with Crippen LogP contribution < -0.4 is 0 Å². The molecule has 6 nitrogen and oxygen atoms in total. The molecule has 14 rings (SSSR count). The average Bonchev–Trinajstić information content (AvgIpc) is 3.13. The van der Waals surface area contributed by atoms with E-state index in [1.54, 1.807) is 0 Å². The number of pyridine rings is 1. The average molecular weight is 1070 g/mol. The van der Waals surface area contributed by atoms with E-state index < -0.39 is 0 Å². The van der Waals surface area contributed by atoms with Crippen LogP contribution in [0.4, 0.5) is 0 Å². The molecular weight excluding hydrogens is 1020 g/mol. The first-order valence-electron chi connectivity index (χ1n) is 28.2. The number of benzene rings is 11.